The highest BCUT2D eigenvalue weighted by atomic mass is 127. The number of esters is 1. The van der Waals surface area contributed by atoms with Crippen LogP contribution in [0.25, 0.3) is 0 Å². The van der Waals surface area contributed by atoms with Gasteiger partial charge in [-0.3, -0.25) is 9.59 Å². The second kappa shape index (κ2) is 7.58. The van der Waals surface area contributed by atoms with Gasteiger partial charge >= 0.3 is 5.97 Å². The number of carbonyl (C=O) groups excluding carboxylic acids is 2. The summed E-state index contributed by atoms with van der Waals surface area (Å²) in [5.74, 6) is -0.435. The quantitative estimate of drug-likeness (QED) is 0.507. The summed E-state index contributed by atoms with van der Waals surface area (Å²) in [5, 5.41) is 0. The zero-order valence-electron chi connectivity index (χ0n) is 11.8. The lowest BCUT2D eigenvalue weighted by atomic mass is 9.97. The van der Waals surface area contributed by atoms with Crippen molar-refractivity contribution in [1.82, 2.24) is 4.90 Å². The number of hydrogen-bond acceptors (Lipinski definition) is 3. The van der Waals surface area contributed by atoms with Gasteiger partial charge in [0.1, 0.15) is 0 Å². The van der Waals surface area contributed by atoms with Gasteiger partial charge in [0.25, 0.3) is 5.91 Å². The zero-order chi connectivity index (χ0) is 15.4. The van der Waals surface area contributed by atoms with Crippen molar-refractivity contribution in [2.45, 2.75) is 19.8 Å². The number of nitrogens with zero attached hydrogens (tertiary/aromatic N) is 1. The molecule has 0 unspecified atom stereocenters. The van der Waals surface area contributed by atoms with Crippen LogP contribution in [0.1, 0.15) is 30.1 Å². The number of piperidine rings is 1. The monoisotopic (exact) mass is 465 g/mol. The summed E-state index contributed by atoms with van der Waals surface area (Å²) in [6, 6.07) is 5.68. The normalized spacial score (nSPS) is 18.4. The number of benzene rings is 1. The minimum Gasteiger partial charge on any atom is -0.466 e. The maximum atomic E-state index is 12.6. The van der Waals surface area contributed by atoms with Crippen LogP contribution >= 0.6 is 38.5 Å². The largest absolute Gasteiger partial charge is 0.466 e. The van der Waals surface area contributed by atoms with E-state index >= 15 is 0 Å². The van der Waals surface area contributed by atoms with Crippen molar-refractivity contribution in [3.05, 3.63) is 31.8 Å². The summed E-state index contributed by atoms with van der Waals surface area (Å²) in [5.41, 5.74) is 0.645. The van der Waals surface area contributed by atoms with E-state index in [1.807, 2.05) is 18.2 Å². The molecule has 1 aromatic carbocycles. The third kappa shape index (κ3) is 4.18. The molecule has 0 spiro atoms. The van der Waals surface area contributed by atoms with Gasteiger partial charge in [-0.15, -0.1) is 0 Å². The Morgan fingerprint density at radius 2 is 2.24 bits per heavy atom. The SMILES string of the molecule is CCOC(=O)[C@@H]1CCCN(C(=O)c2cc(I)ccc2Br)C1. The molecular formula is C15H17BrINO3. The molecule has 1 aromatic rings. The molecule has 0 bridgehead atoms. The van der Waals surface area contributed by atoms with Crippen molar-refractivity contribution >= 4 is 50.4 Å². The van der Waals surface area contributed by atoms with Crippen molar-refractivity contribution in [2.24, 2.45) is 5.92 Å². The van der Waals surface area contributed by atoms with E-state index in [0.717, 1.165) is 20.9 Å². The van der Waals surface area contributed by atoms with Gasteiger partial charge in [-0.05, 0) is 76.5 Å². The Balaban J connectivity index is 2.12. The first-order valence-corrected chi connectivity index (χ1v) is 8.81. The van der Waals surface area contributed by atoms with E-state index in [4.69, 9.17) is 4.74 Å². The van der Waals surface area contributed by atoms with Crippen molar-refractivity contribution < 1.29 is 14.3 Å². The summed E-state index contributed by atoms with van der Waals surface area (Å²) >= 11 is 5.61. The van der Waals surface area contributed by atoms with Gasteiger partial charge < -0.3 is 9.64 Å². The first-order valence-electron chi connectivity index (χ1n) is 6.94. The molecule has 1 saturated heterocycles. The van der Waals surface area contributed by atoms with Crippen LogP contribution in [0.3, 0.4) is 0 Å². The lowest BCUT2D eigenvalue weighted by Crippen LogP contribution is -2.43. The minimum atomic E-state index is -0.204. The third-order valence-electron chi connectivity index (χ3n) is 3.49. The van der Waals surface area contributed by atoms with Gasteiger partial charge in [0.05, 0.1) is 18.1 Å². The minimum absolute atomic E-state index is 0.0330. The van der Waals surface area contributed by atoms with Crippen LogP contribution in [0, 0.1) is 9.49 Å². The summed E-state index contributed by atoms with van der Waals surface area (Å²) in [6.07, 6.45) is 1.62. The number of ether oxygens (including phenoxy) is 1. The molecule has 4 nitrogen and oxygen atoms in total. The highest BCUT2D eigenvalue weighted by Gasteiger charge is 2.30. The van der Waals surface area contributed by atoms with Gasteiger partial charge in [0, 0.05) is 21.1 Å². The molecule has 114 valence electrons. The van der Waals surface area contributed by atoms with Gasteiger partial charge in [-0.1, -0.05) is 0 Å². The standard InChI is InChI=1S/C15H17BrINO3/c1-2-21-15(20)10-4-3-7-18(9-10)14(19)12-8-11(17)5-6-13(12)16/h5-6,8,10H,2-4,7,9H2,1H3/t10-/m1/s1. The van der Waals surface area contributed by atoms with Crippen LogP contribution in [0.15, 0.2) is 22.7 Å². The summed E-state index contributed by atoms with van der Waals surface area (Å²) in [7, 11) is 0. The molecule has 0 N–H and O–H groups in total. The smallest absolute Gasteiger partial charge is 0.310 e. The molecule has 2 rings (SSSR count). The van der Waals surface area contributed by atoms with E-state index in [9.17, 15) is 9.59 Å². The first-order chi connectivity index (χ1) is 10.0. The maximum absolute atomic E-state index is 12.6. The van der Waals surface area contributed by atoms with E-state index in [2.05, 4.69) is 38.5 Å². The van der Waals surface area contributed by atoms with Gasteiger partial charge in [-0.25, -0.2) is 0 Å². The number of likely N-dealkylation sites (tertiary alicyclic amines) is 1. The van der Waals surface area contributed by atoms with Crippen molar-refractivity contribution in [3.8, 4) is 0 Å². The fourth-order valence-corrected chi connectivity index (χ4v) is 3.35. The Labute approximate surface area is 146 Å². The summed E-state index contributed by atoms with van der Waals surface area (Å²) in [4.78, 5) is 26.2. The summed E-state index contributed by atoms with van der Waals surface area (Å²) < 4.78 is 6.87. The first kappa shape index (κ1) is 16.7. The highest BCUT2D eigenvalue weighted by Crippen LogP contribution is 2.24. The van der Waals surface area contributed by atoms with Crippen LogP contribution < -0.4 is 0 Å². The summed E-state index contributed by atoms with van der Waals surface area (Å²) in [6.45, 7) is 3.31. The lowest BCUT2D eigenvalue weighted by Gasteiger charge is -2.31. The number of amides is 1. The van der Waals surface area contributed by atoms with Gasteiger partial charge in [-0.2, -0.15) is 0 Å². The van der Waals surface area contributed by atoms with Crippen LogP contribution in [0.5, 0.6) is 0 Å². The van der Waals surface area contributed by atoms with E-state index in [0.29, 0.717) is 25.3 Å². The molecule has 0 saturated carbocycles. The number of hydrogen-bond donors (Lipinski definition) is 0. The fourth-order valence-electron chi connectivity index (χ4n) is 2.45. The van der Waals surface area contributed by atoms with E-state index in [1.165, 1.54) is 0 Å². The van der Waals surface area contributed by atoms with Crippen LogP contribution in [-0.4, -0.2) is 36.5 Å². The Morgan fingerprint density at radius 1 is 1.48 bits per heavy atom. The predicted molar refractivity (Wildman–Crippen MR) is 92.1 cm³/mol. The highest BCUT2D eigenvalue weighted by molar-refractivity contribution is 14.1. The molecule has 6 heteroatoms. The number of rotatable bonds is 3. The zero-order valence-corrected chi connectivity index (χ0v) is 15.5. The Bertz CT molecular complexity index is 550. The topological polar surface area (TPSA) is 46.6 Å². The van der Waals surface area contributed by atoms with Crippen LogP contribution in [-0.2, 0) is 9.53 Å². The fraction of sp³-hybridized carbons (Fsp3) is 0.467. The van der Waals surface area contributed by atoms with Crippen molar-refractivity contribution in [1.29, 1.82) is 0 Å². The molecule has 1 atom stereocenters. The van der Waals surface area contributed by atoms with Crippen LogP contribution in [0.2, 0.25) is 0 Å². The number of halogens is 2. The molecular weight excluding hydrogens is 449 g/mol. The van der Waals surface area contributed by atoms with E-state index in [1.54, 1.807) is 11.8 Å². The van der Waals surface area contributed by atoms with E-state index < -0.39 is 0 Å². The molecule has 1 amide bonds. The molecule has 21 heavy (non-hydrogen) atoms. The Morgan fingerprint density at radius 3 is 2.95 bits per heavy atom. The lowest BCUT2D eigenvalue weighted by molar-refractivity contribution is -0.149. The third-order valence-corrected chi connectivity index (χ3v) is 4.85. The number of carbonyl (C=O) groups is 2. The molecule has 1 fully saturated rings. The van der Waals surface area contributed by atoms with Crippen molar-refractivity contribution in [2.75, 3.05) is 19.7 Å². The molecule has 0 aliphatic carbocycles. The second-order valence-electron chi connectivity index (χ2n) is 4.97. The molecule has 1 aliphatic rings. The predicted octanol–water partition coefficient (Wildman–Crippen LogP) is 3.47. The Hall–Kier alpha value is -0.630. The molecule has 0 aromatic heterocycles. The van der Waals surface area contributed by atoms with Gasteiger partial charge in [0.15, 0.2) is 0 Å². The van der Waals surface area contributed by atoms with E-state index in [-0.39, 0.29) is 17.8 Å². The second-order valence-corrected chi connectivity index (χ2v) is 7.07. The molecule has 0 radical (unpaired) electrons. The molecule has 1 heterocycles. The maximum Gasteiger partial charge on any atom is 0.310 e. The molecule has 1 aliphatic heterocycles. The van der Waals surface area contributed by atoms with Crippen molar-refractivity contribution in [3.63, 3.8) is 0 Å². The van der Waals surface area contributed by atoms with Gasteiger partial charge in [0.2, 0.25) is 0 Å². The Kier molecular flexibility index (Phi) is 6.04. The average molecular weight is 466 g/mol. The van der Waals surface area contributed by atoms with Crippen LogP contribution in [0.4, 0.5) is 0 Å². The average Bonchev–Trinajstić information content (AvgIpc) is 2.49.